The lowest BCUT2D eigenvalue weighted by molar-refractivity contribution is -0.137. The van der Waals surface area contributed by atoms with Gasteiger partial charge < -0.3 is 20.3 Å². The van der Waals surface area contributed by atoms with E-state index in [9.17, 15) is 14.4 Å². The number of carbonyl (C=O) groups excluding carboxylic acids is 3. The van der Waals surface area contributed by atoms with Gasteiger partial charge in [0.25, 0.3) is 5.91 Å². The number of benzene rings is 1. The molecule has 28 heavy (non-hydrogen) atoms. The maximum absolute atomic E-state index is 12.7. The number of hydrogen-bond acceptors (Lipinski definition) is 6. The van der Waals surface area contributed by atoms with Crippen LogP contribution < -0.4 is 15.4 Å². The molecule has 2 atom stereocenters. The largest absolute Gasteiger partial charge is 0.467 e. The van der Waals surface area contributed by atoms with Crippen molar-refractivity contribution in [2.45, 2.75) is 38.0 Å². The third kappa shape index (κ3) is 3.45. The Labute approximate surface area is 165 Å². The minimum absolute atomic E-state index is 0.143. The van der Waals surface area contributed by atoms with Crippen molar-refractivity contribution in [3.63, 3.8) is 0 Å². The van der Waals surface area contributed by atoms with Crippen LogP contribution in [0.5, 0.6) is 5.75 Å². The second-order valence-corrected chi connectivity index (χ2v) is 7.78. The zero-order valence-electron chi connectivity index (χ0n) is 15.3. The van der Waals surface area contributed by atoms with E-state index in [1.807, 2.05) is 6.07 Å². The SMILES string of the molecule is CC(C(=O)Nc1nccs1)N1CCC2(CCC1=O)NC(=O)c1ccccc1O2. The van der Waals surface area contributed by atoms with E-state index in [0.29, 0.717) is 35.8 Å². The summed E-state index contributed by atoms with van der Waals surface area (Å²) in [7, 11) is 0. The lowest BCUT2D eigenvalue weighted by atomic mass is 10.0. The van der Waals surface area contributed by atoms with Crippen molar-refractivity contribution in [2.75, 3.05) is 11.9 Å². The molecule has 3 amide bonds. The minimum Gasteiger partial charge on any atom is -0.467 e. The number of anilines is 1. The molecule has 0 saturated carbocycles. The average molecular weight is 400 g/mol. The van der Waals surface area contributed by atoms with E-state index in [4.69, 9.17) is 4.74 Å². The molecule has 2 N–H and O–H groups in total. The topological polar surface area (TPSA) is 101 Å². The molecule has 1 saturated heterocycles. The highest BCUT2D eigenvalue weighted by Gasteiger charge is 2.43. The van der Waals surface area contributed by atoms with Crippen molar-refractivity contribution in [1.29, 1.82) is 0 Å². The van der Waals surface area contributed by atoms with Crippen LogP contribution in [-0.4, -0.2) is 45.9 Å². The van der Waals surface area contributed by atoms with Crippen LogP contribution in [0.1, 0.15) is 36.5 Å². The smallest absolute Gasteiger partial charge is 0.258 e. The van der Waals surface area contributed by atoms with Gasteiger partial charge >= 0.3 is 0 Å². The molecular formula is C19H20N4O4S. The van der Waals surface area contributed by atoms with Gasteiger partial charge in [-0.05, 0) is 19.1 Å². The van der Waals surface area contributed by atoms with Gasteiger partial charge in [0.05, 0.1) is 5.56 Å². The van der Waals surface area contributed by atoms with Gasteiger partial charge in [-0.2, -0.15) is 0 Å². The normalized spacial score (nSPS) is 22.7. The van der Waals surface area contributed by atoms with Crippen molar-refractivity contribution in [2.24, 2.45) is 0 Å². The van der Waals surface area contributed by atoms with Crippen molar-refractivity contribution in [3.8, 4) is 5.75 Å². The first-order valence-corrected chi connectivity index (χ1v) is 9.96. The molecule has 146 valence electrons. The summed E-state index contributed by atoms with van der Waals surface area (Å²) in [6.07, 6.45) is 2.53. The summed E-state index contributed by atoms with van der Waals surface area (Å²) < 4.78 is 6.11. The van der Waals surface area contributed by atoms with Gasteiger partial charge in [0.15, 0.2) is 10.9 Å². The van der Waals surface area contributed by atoms with E-state index in [1.165, 1.54) is 16.2 Å². The number of carbonyl (C=O) groups is 3. The summed E-state index contributed by atoms with van der Waals surface area (Å²) in [4.78, 5) is 43.3. The Balaban J connectivity index is 1.49. The monoisotopic (exact) mass is 400 g/mol. The molecule has 0 radical (unpaired) electrons. The quantitative estimate of drug-likeness (QED) is 0.821. The molecule has 1 fully saturated rings. The number of rotatable bonds is 3. The van der Waals surface area contributed by atoms with Crippen LogP contribution in [0.4, 0.5) is 5.13 Å². The first kappa shape index (κ1) is 18.4. The maximum Gasteiger partial charge on any atom is 0.258 e. The molecule has 2 aromatic rings. The summed E-state index contributed by atoms with van der Waals surface area (Å²) in [6.45, 7) is 1.99. The van der Waals surface area contributed by atoms with Gasteiger partial charge in [0.1, 0.15) is 11.8 Å². The Morgan fingerprint density at radius 2 is 2.18 bits per heavy atom. The minimum atomic E-state index is -0.943. The van der Waals surface area contributed by atoms with Crippen LogP contribution in [0.3, 0.4) is 0 Å². The molecule has 0 bridgehead atoms. The molecule has 1 aromatic heterocycles. The highest BCUT2D eigenvalue weighted by atomic mass is 32.1. The van der Waals surface area contributed by atoms with Crippen LogP contribution in [0.2, 0.25) is 0 Å². The molecule has 9 heteroatoms. The van der Waals surface area contributed by atoms with Gasteiger partial charge in [0, 0.05) is 37.4 Å². The van der Waals surface area contributed by atoms with E-state index < -0.39 is 11.8 Å². The average Bonchev–Trinajstić information content (AvgIpc) is 3.14. The number of fused-ring (bicyclic) bond motifs is 1. The number of aromatic nitrogens is 1. The number of nitrogens with one attached hydrogen (secondary N) is 2. The Kier molecular flexibility index (Phi) is 4.76. The van der Waals surface area contributed by atoms with E-state index >= 15 is 0 Å². The molecule has 3 heterocycles. The molecular weight excluding hydrogens is 380 g/mol. The summed E-state index contributed by atoms with van der Waals surface area (Å²) in [6, 6.07) is 6.39. The number of nitrogens with zero attached hydrogens (tertiary/aromatic N) is 2. The maximum atomic E-state index is 12.7. The summed E-state index contributed by atoms with van der Waals surface area (Å²) in [5, 5.41) is 7.91. The zero-order chi connectivity index (χ0) is 19.7. The number of amides is 3. The molecule has 8 nitrogen and oxygen atoms in total. The molecule has 2 aliphatic heterocycles. The van der Waals surface area contributed by atoms with E-state index in [-0.39, 0.29) is 24.1 Å². The fourth-order valence-corrected chi connectivity index (χ4v) is 4.06. The standard InChI is InChI=1S/C19H20N4O4S/c1-12(16(25)21-18-20-9-11-28-18)23-10-8-19(7-6-15(23)24)22-17(26)13-4-2-3-5-14(13)27-19/h2-5,9,11-12H,6-8,10H2,1H3,(H,22,26)(H,20,21,25). The lowest BCUT2D eigenvalue weighted by Gasteiger charge is -2.38. The number of thiazole rings is 1. The van der Waals surface area contributed by atoms with Crippen molar-refractivity contribution in [3.05, 3.63) is 41.4 Å². The third-order valence-electron chi connectivity index (χ3n) is 5.11. The molecule has 0 aliphatic carbocycles. The van der Waals surface area contributed by atoms with Crippen LogP contribution >= 0.6 is 11.3 Å². The van der Waals surface area contributed by atoms with E-state index in [0.717, 1.165) is 0 Å². The number of para-hydroxylation sites is 1. The first-order valence-electron chi connectivity index (χ1n) is 9.08. The Bertz CT molecular complexity index is 916. The van der Waals surface area contributed by atoms with Crippen LogP contribution in [-0.2, 0) is 9.59 Å². The Hall–Kier alpha value is -2.94. The Morgan fingerprint density at radius 1 is 1.36 bits per heavy atom. The highest BCUT2D eigenvalue weighted by Crippen LogP contribution is 2.34. The predicted molar refractivity (Wildman–Crippen MR) is 103 cm³/mol. The van der Waals surface area contributed by atoms with Crippen LogP contribution in [0.15, 0.2) is 35.8 Å². The van der Waals surface area contributed by atoms with Crippen molar-refractivity contribution in [1.82, 2.24) is 15.2 Å². The molecule has 1 spiro atoms. The fraction of sp³-hybridized carbons (Fsp3) is 0.368. The zero-order valence-corrected chi connectivity index (χ0v) is 16.1. The number of hydrogen-bond donors (Lipinski definition) is 2. The van der Waals surface area contributed by atoms with Crippen molar-refractivity contribution >= 4 is 34.2 Å². The molecule has 1 aromatic carbocycles. The highest BCUT2D eigenvalue weighted by molar-refractivity contribution is 7.13. The Morgan fingerprint density at radius 3 is 2.96 bits per heavy atom. The van der Waals surface area contributed by atoms with Gasteiger partial charge in [0.2, 0.25) is 11.8 Å². The number of likely N-dealkylation sites (tertiary alicyclic amines) is 1. The second-order valence-electron chi connectivity index (χ2n) is 6.89. The predicted octanol–water partition coefficient (Wildman–Crippen LogP) is 2.00. The molecule has 2 aliphatic rings. The van der Waals surface area contributed by atoms with E-state index in [2.05, 4.69) is 15.6 Å². The van der Waals surface area contributed by atoms with Gasteiger partial charge in [-0.15, -0.1) is 11.3 Å². The summed E-state index contributed by atoms with van der Waals surface area (Å²) in [5.41, 5.74) is -0.460. The number of ether oxygens (including phenoxy) is 1. The van der Waals surface area contributed by atoms with E-state index in [1.54, 1.807) is 36.7 Å². The van der Waals surface area contributed by atoms with Crippen LogP contribution in [0.25, 0.3) is 0 Å². The summed E-state index contributed by atoms with van der Waals surface area (Å²) in [5.74, 6) is -0.132. The first-order chi connectivity index (χ1) is 13.5. The second kappa shape index (κ2) is 7.23. The fourth-order valence-electron chi connectivity index (χ4n) is 3.53. The lowest BCUT2D eigenvalue weighted by Crippen LogP contribution is -2.56. The molecule has 4 rings (SSSR count). The van der Waals surface area contributed by atoms with Gasteiger partial charge in [-0.3, -0.25) is 14.4 Å². The van der Waals surface area contributed by atoms with Gasteiger partial charge in [-0.25, -0.2) is 4.98 Å². The summed E-state index contributed by atoms with van der Waals surface area (Å²) >= 11 is 1.32. The van der Waals surface area contributed by atoms with Gasteiger partial charge in [-0.1, -0.05) is 12.1 Å². The third-order valence-corrected chi connectivity index (χ3v) is 5.80. The van der Waals surface area contributed by atoms with Crippen molar-refractivity contribution < 1.29 is 19.1 Å². The molecule has 2 unspecified atom stereocenters. The van der Waals surface area contributed by atoms with Crippen LogP contribution in [0, 0.1) is 0 Å².